The number of pyridine rings is 1. The molecule has 0 spiro atoms. The second-order valence-corrected chi connectivity index (χ2v) is 4.48. The number of anilines is 2. The SMILES string of the molecule is Nc1cnc(N2CCC(F)(F)CC2)c(C(F)(F)F)c1. The van der Waals surface area contributed by atoms with Crippen LogP contribution in [-0.4, -0.2) is 24.0 Å². The summed E-state index contributed by atoms with van der Waals surface area (Å²) >= 11 is 0. The van der Waals surface area contributed by atoms with Gasteiger partial charge >= 0.3 is 6.18 Å². The van der Waals surface area contributed by atoms with Crippen LogP contribution in [0.3, 0.4) is 0 Å². The number of nitrogen functional groups attached to an aromatic ring is 1. The van der Waals surface area contributed by atoms with E-state index in [9.17, 15) is 22.0 Å². The molecule has 1 aliphatic heterocycles. The third-order valence-electron chi connectivity index (χ3n) is 2.99. The van der Waals surface area contributed by atoms with Crippen LogP contribution in [0.2, 0.25) is 0 Å². The van der Waals surface area contributed by atoms with Crippen molar-refractivity contribution in [2.75, 3.05) is 23.7 Å². The first-order valence-electron chi connectivity index (χ1n) is 5.64. The molecule has 3 nitrogen and oxygen atoms in total. The van der Waals surface area contributed by atoms with E-state index in [0.717, 1.165) is 12.3 Å². The Balaban J connectivity index is 2.30. The van der Waals surface area contributed by atoms with Gasteiger partial charge in [0.2, 0.25) is 0 Å². The predicted octanol–water partition coefficient (Wildman–Crippen LogP) is 2.92. The highest BCUT2D eigenvalue weighted by Crippen LogP contribution is 2.38. The fourth-order valence-electron chi connectivity index (χ4n) is 1.98. The van der Waals surface area contributed by atoms with Gasteiger partial charge in [0.05, 0.1) is 11.9 Å². The van der Waals surface area contributed by atoms with Crippen molar-refractivity contribution in [2.45, 2.75) is 24.9 Å². The maximum absolute atomic E-state index is 13.0. The van der Waals surface area contributed by atoms with Crippen molar-refractivity contribution < 1.29 is 22.0 Å². The molecule has 0 unspecified atom stereocenters. The van der Waals surface area contributed by atoms with E-state index in [0.29, 0.717) is 0 Å². The van der Waals surface area contributed by atoms with E-state index >= 15 is 0 Å². The lowest BCUT2D eigenvalue weighted by Gasteiger charge is -2.33. The summed E-state index contributed by atoms with van der Waals surface area (Å²) in [5.41, 5.74) is 4.19. The number of halogens is 5. The quantitative estimate of drug-likeness (QED) is 0.805. The summed E-state index contributed by atoms with van der Waals surface area (Å²) in [5.74, 6) is -3.15. The number of nitrogens with two attached hydrogens (primary N) is 1. The standard InChI is InChI=1S/C11H12F5N3/c12-10(13)1-3-19(4-2-10)9-8(11(14,15)16)5-7(17)6-18-9/h5-6H,1-4,17H2. The Kier molecular flexibility index (Phi) is 3.27. The van der Waals surface area contributed by atoms with E-state index in [1.165, 1.54) is 4.90 Å². The number of hydrogen-bond acceptors (Lipinski definition) is 3. The van der Waals surface area contributed by atoms with Crippen LogP contribution in [0.1, 0.15) is 18.4 Å². The molecule has 106 valence electrons. The normalized spacial score (nSPS) is 19.5. The van der Waals surface area contributed by atoms with E-state index in [2.05, 4.69) is 4.98 Å². The lowest BCUT2D eigenvalue weighted by atomic mass is 10.1. The molecule has 1 aliphatic rings. The number of rotatable bonds is 1. The summed E-state index contributed by atoms with van der Waals surface area (Å²) in [5, 5.41) is 0. The summed E-state index contributed by atoms with van der Waals surface area (Å²) in [6, 6.07) is 0.773. The van der Waals surface area contributed by atoms with E-state index in [1.807, 2.05) is 0 Å². The van der Waals surface area contributed by atoms with Crippen molar-refractivity contribution in [3.8, 4) is 0 Å². The zero-order valence-corrected chi connectivity index (χ0v) is 9.84. The topological polar surface area (TPSA) is 42.1 Å². The van der Waals surface area contributed by atoms with Crippen molar-refractivity contribution in [2.24, 2.45) is 0 Å². The number of aromatic nitrogens is 1. The Morgan fingerprint density at radius 2 is 1.79 bits per heavy atom. The van der Waals surface area contributed by atoms with E-state index < -0.39 is 30.5 Å². The molecule has 2 rings (SSSR count). The second kappa shape index (κ2) is 4.50. The number of hydrogen-bond donors (Lipinski definition) is 1. The molecule has 2 N–H and O–H groups in total. The van der Waals surface area contributed by atoms with Crippen molar-refractivity contribution in [3.63, 3.8) is 0 Å². The van der Waals surface area contributed by atoms with Gasteiger partial charge in [-0.05, 0) is 6.07 Å². The smallest absolute Gasteiger partial charge is 0.397 e. The molecule has 0 aliphatic carbocycles. The van der Waals surface area contributed by atoms with Gasteiger partial charge in [0.15, 0.2) is 0 Å². The minimum absolute atomic E-state index is 0.113. The Bertz CT molecular complexity index is 462. The van der Waals surface area contributed by atoms with Gasteiger partial charge < -0.3 is 10.6 Å². The molecular formula is C11H12F5N3. The molecule has 0 amide bonds. The summed E-state index contributed by atoms with van der Waals surface area (Å²) in [6.07, 6.45) is -4.47. The van der Waals surface area contributed by atoms with Crippen molar-refractivity contribution >= 4 is 11.5 Å². The van der Waals surface area contributed by atoms with Gasteiger partial charge in [0.25, 0.3) is 5.92 Å². The Hall–Kier alpha value is -1.60. The summed E-state index contributed by atoms with van der Waals surface area (Å²) < 4.78 is 64.6. The molecule has 0 radical (unpaired) electrons. The van der Waals surface area contributed by atoms with Gasteiger partial charge in [-0.2, -0.15) is 13.2 Å². The molecule has 1 fully saturated rings. The van der Waals surface area contributed by atoms with Crippen LogP contribution >= 0.6 is 0 Å². The van der Waals surface area contributed by atoms with E-state index in [1.54, 1.807) is 0 Å². The zero-order valence-electron chi connectivity index (χ0n) is 9.84. The van der Waals surface area contributed by atoms with Crippen LogP contribution in [-0.2, 0) is 6.18 Å². The van der Waals surface area contributed by atoms with Gasteiger partial charge in [-0.1, -0.05) is 0 Å². The summed E-state index contributed by atoms with van der Waals surface area (Å²) in [7, 11) is 0. The third-order valence-corrected chi connectivity index (χ3v) is 2.99. The zero-order chi connectivity index (χ0) is 14.3. The molecule has 19 heavy (non-hydrogen) atoms. The second-order valence-electron chi connectivity index (χ2n) is 4.48. The summed E-state index contributed by atoms with van der Waals surface area (Å²) in [6.45, 7) is -0.319. The minimum atomic E-state index is -4.61. The van der Waals surface area contributed by atoms with Crippen molar-refractivity contribution in [3.05, 3.63) is 17.8 Å². The lowest BCUT2D eigenvalue weighted by Crippen LogP contribution is -2.40. The van der Waals surface area contributed by atoms with Crippen LogP contribution < -0.4 is 10.6 Å². The molecular weight excluding hydrogens is 269 g/mol. The summed E-state index contributed by atoms with van der Waals surface area (Å²) in [4.78, 5) is 4.87. The molecule has 2 heterocycles. The molecule has 1 aromatic rings. The fourth-order valence-corrected chi connectivity index (χ4v) is 1.98. The Labute approximate surface area is 106 Å². The molecule has 8 heteroatoms. The molecule has 0 bridgehead atoms. The maximum Gasteiger partial charge on any atom is 0.420 e. The highest BCUT2D eigenvalue weighted by molar-refractivity contribution is 5.55. The van der Waals surface area contributed by atoms with Crippen molar-refractivity contribution in [1.82, 2.24) is 4.98 Å². The van der Waals surface area contributed by atoms with Gasteiger partial charge in [0.1, 0.15) is 11.4 Å². The number of nitrogens with zero attached hydrogens (tertiary/aromatic N) is 2. The van der Waals surface area contributed by atoms with Crippen LogP contribution in [0.4, 0.5) is 33.5 Å². The lowest BCUT2D eigenvalue weighted by molar-refractivity contribution is -0.137. The molecule has 1 saturated heterocycles. The van der Waals surface area contributed by atoms with Gasteiger partial charge in [0, 0.05) is 25.9 Å². The highest BCUT2D eigenvalue weighted by atomic mass is 19.4. The Morgan fingerprint density at radius 3 is 2.32 bits per heavy atom. The first kappa shape index (κ1) is 13.8. The van der Waals surface area contributed by atoms with Crippen LogP contribution in [0.5, 0.6) is 0 Å². The third kappa shape index (κ3) is 3.05. The maximum atomic E-state index is 13.0. The Morgan fingerprint density at radius 1 is 1.21 bits per heavy atom. The van der Waals surface area contributed by atoms with E-state index in [-0.39, 0.29) is 24.6 Å². The van der Waals surface area contributed by atoms with Crippen LogP contribution in [0, 0.1) is 0 Å². The van der Waals surface area contributed by atoms with E-state index in [4.69, 9.17) is 5.73 Å². The van der Waals surface area contributed by atoms with Crippen LogP contribution in [0.25, 0.3) is 0 Å². The number of alkyl halides is 5. The molecule has 1 aromatic heterocycles. The average Bonchev–Trinajstić information content (AvgIpc) is 2.28. The molecule has 0 aromatic carbocycles. The predicted molar refractivity (Wildman–Crippen MR) is 60.0 cm³/mol. The largest absolute Gasteiger partial charge is 0.420 e. The minimum Gasteiger partial charge on any atom is -0.397 e. The molecule has 0 atom stereocenters. The monoisotopic (exact) mass is 281 g/mol. The van der Waals surface area contributed by atoms with Gasteiger partial charge in [-0.15, -0.1) is 0 Å². The highest BCUT2D eigenvalue weighted by Gasteiger charge is 2.39. The van der Waals surface area contributed by atoms with Crippen molar-refractivity contribution in [1.29, 1.82) is 0 Å². The molecule has 0 saturated carbocycles. The first-order chi connectivity index (χ1) is 8.69. The van der Waals surface area contributed by atoms with Gasteiger partial charge in [-0.25, -0.2) is 13.8 Å². The average molecular weight is 281 g/mol. The van der Waals surface area contributed by atoms with Crippen LogP contribution in [0.15, 0.2) is 12.3 Å². The number of piperidine rings is 1. The van der Waals surface area contributed by atoms with Gasteiger partial charge in [-0.3, -0.25) is 0 Å². The fraction of sp³-hybridized carbons (Fsp3) is 0.545. The first-order valence-corrected chi connectivity index (χ1v) is 5.64.